The normalized spacial score (nSPS) is 4.87. The van der Waals surface area contributed by atoms with Crippen molar-refractivity contribution in [1.82, 2.24) is 0 Å². The first kappa shape index (κ1) is 37.5. The average molecular weight is 236 g/mol. The van der Waals surface area contributed by atoms with Gasteiger partial charge in [-0.1, -0.05) is 43.3 Å². The summed E-state index contributed by atoms with van der Waals surface area (Å²) in [5.74, 6) is 0. The Morgan fingerprint density at radius 2 is 0.867 bits per heavy atom. The van der Waals surface area contributed by atoms with Crippen molar-refractivity contribution in [3.05, 3.63) is 36.4 Å². The molecular formula is C9H17F5O. The van der Waals surface area contributed by atoms with Gasteiger partial charge in [0, 0.05) is 6.42 Å². The summed E-state index contributed by atoms with van der Waals surface area (Å²) in [6.07, 6.45) is 1.51. The molecule has 1 aromatic carbocycles. The Kier molecular flexibility index (Phi) is 97.5. The fourth-order valence-electron chi connectivity index (χ4n) is 0.385. The summed E-state index contributed by atoms with van der Waals surface area (Å²) >= 11 is 0. The van der Waals surface area contributed by atoms with E-state index >= 15 is 0 Å². The van der Waals surface area contributed by atoms with E-state index in [4.69, 9.17) is 0 Å². The van der Waals surface area contributed by atoms with Crippen LogP contribution in [0.2, 0.25) is 0 Å². The zero-order chi connectivity index (χ0) is 7.66. The van der Waals surface area contributed by atoms with E-state index in [9.17, 15) is 4.79 Å². The minimum atomic E-state index is 0. The third-order valence-electron chi connectivity index (χ3n) is 0.833. The second-order valence-corrected chi connectivity index (χ2v) is 1.73. The van der Waals surface area contributed by atoms with Crippen molar-refractivity contribution < 1.29 is 28.3 Å². The molecule has 0 N–H and O–H groups in total. The second-order valence-electron chi connectivity index (χ2n) is 1.73. The maximum Gasteiger partial charge on any atom is 0.119 e. The first-order valence-electron chi connectivity index (χ1n) is 3.35. The van der Waals surface area contributed by atoms with E-state index in [-0.39, 0.29) is 23.5 Å². The largest absolute Gasteiger partial charge is 0.303 e. The summed E-state index contributed by atoms with van der Waals surface area (Å²) in [4.78, 5) is 9.17. The van der Waals surface area contributed by atoms with E-state index in [0.717, 1.165) is 6.29 Å². The zero-order valence-electron chi connectivity index (χ0n) is 8.20. The van der Waals surface area contributed by atoms with Gasteiger partial charge < -0.3 is 4.79 Å². The van der Waals surface area contributed by atoms with E-state index in [1.165, 1.54) is 0 Å². The van der Waals surface area contributed by atoms with Crippen LogP contribution in [0.5, 0.6) is 0 Å². The maximum absolute atomic E-state index is 9.17. The van der Waals surface area contributed by atoms with Gasteiger partial charge in [-0.25, -0.2) is 0 Å². The highest BCUT2D eigenvalue weighted by Gasteiger charge is 1.57. The fourth-order valence-corrected chi connectivity index (χ4v) is 0.385. The Morgan fingerprint density at radius 3 is 0.933 bits per heavy atom. The lowest BCUT2D eigenvalue weighted by molar-refractivity contribution is -0.107. The monoisotopic (exact) mass is 236 g/mol. The predicted molar refractivity (Wildman–Crippen MR) is 55.3 cm³/mol. The van der Waals surface area contributed by atoms with Gasteiger partial charge in [-0.15, -0.1) is 0 Å². The molecule has 0 bridgehead atoms. The first-order valence-corrected chi connectivity index (χ1v) is 3.35. The van der Waals surface area contributed by atoms with E-state index < -0.39 is 0 Å². The van der Waals surface area contributed by atoms with Gasteiger partial charge in [0.2, 0.25) is 0 Å². The van der Waals surface area contributed by atoms with E-state index in [1.54, 1.807) is 0 Å². The minimum absolute atomic E-state index is 0. The van der Waals surface area contributed by atoms with Crippen molar-refractivity contribution in [3.63, 3.8) is 0 Å². The molecule has 0 spiro atoms. The lowest BCUT2D eigenvalue weighted by Gasteiger charge is -1.69. The summed E-state index contributed by atoms with van der Waals surface area (Å²) in [7, 11) is 0. The summed E-state index contributed by atoms with van der Waals surface area (Å²) in [5.41, 5.74) is 0. The number of aldehydes is 1. The number of carbonyl (C=O) groups excluding carboxylic acids is 1. The molecular weight excluding hydrogens is 219 g/mol. The molecule has 0 saturated carbocycles. The van der Waals surface area contributed by atoms with Crippen molar-refractivity contribution in [2.24, 2.45) is 0 Å². The third kappa shape index (κ3) is 45.4. The lowest BCUT2D eigenvalue weighted by atomic mass is 10.4. The molecule has 0 aliphatic carbocycles. The first-order chi connectivity index (χ1) is 4.91. The van der Waals surface area contributed by atoms with Crippen LogP contribution >= 0.6 is 0 Å². The summed E-state index contributed by atoms with van der Waals surface area (Å²) < 4.78 is 0. The number of benzene rings is 1. The molecule has 0 amide bonds. The van der Waals surface area contributed by atoms with Gasteiger partial charge in [0.25, 0.3) is 0 Å². The third-order valence-corrected chi connectivity index (χ3v) is 0.833. The van der Waals surface area contributed by atoms with E-state index in [2.05, 4.69) is 0 Å². The van der Waals surface area contributed by atoms with Crippen molar-refractivity contribution in [1.29, 1.82) is 0 Å². The number of carbonyl (C=O) groups is 1. The van der Waals surface area contributed by atoms with Crippen LogP contribution in [-0.4, -0.2) is 6.29 Å². The highest BCUT2D eigenvalue weighted by atomic mass is 19.0. The van der Waals surface area contributed by atoms with Crippen LogP contribution in [0.3, 0.4) is 0 Å². The summed E-state index contributed by atoms with van der Waals surface area (Å²) in [5, 5.41) is 0. The molecule has 0 radical (unpaired) electrons. The Bertz CT molecular complexity index is 133. The topological polar surface area (TPSA) is 17.1 Å². The minimum Gasteiger partial charge on any atom is -0.303 e. The number of hydrogen-bond acceptors (Lipinski definition) is 1. The molecule has 0 heterocycles. The molecule has 0 fully saturated rings. The smallest absolute Gasteiger partial charge is 0.119 e. The van der Waals surface area contributed by atoms with Crippen LogP contribution in [0.4, 0.5) is 23.5 Å². The molecule has 0 aliphatic rings. The number of hydrogen-bond donors (Lipinski definition) is 0. The molecule has 1 nitrogen and oxygen atoms in total. The van der Waals surface area contributed by atoms with Gasteiger partial charge in [0.15, 0.2) is 0 Å². The van der Waals surface area contributed by atoms with Gasteiger partial charge >= 0.3 is 0 Å². The Balaban J connectivity index is -0.0000000211. The van der Waals surface area contributed by atoms with Gasteiger partial charge in [0.1, 0.15) is 6.29 Å². The van der Waals surface area contributed by atoms with Crippen LogP contribution in [0.15, 0.2) is 36.4 Å². The molecule has 94 valence electrons. The summed E-state index contributed by atoms with van der Waals surface area (Å²) in [6, 6.07) is 12.0. The maximum atomic E-state index is 9.17. The van der Waals surface area contributed by atoms with Crippen LogP contribution in [-0.2, 0) is 4.79 Å². The number of rotatable bonds is 1. The van der Waals surface area contributed by atoms with Crippen molar-refractivity contribution in [2.75, 3.05) is 0 Å². The average Bonchev–Trinajstić information content (AvgIpc) is 2.08. The molecule has 0 unspecified atom stereocenters. The Hall–Kier alpha value is -1.46. The molecule has 1 aromatic rings. The van der Waals surface area contributed by atoms with E-state index in [0.29, 0.717) is 6.42 Å². The standard InChI is InChI=1S/C6H6.C3H6O.5FH/c1-2-4-6-5-3-1;1-2-3-4;;;;;/h1-6H;3H,2H2,1H3;5*1H. The molecule has 1 rings (SSSR count). The highest BCUT2D eigenvalue weighted by Crippen LogP contribution is 1.79. The zero-order valence-corrected chi connectivity index (χ0v) is 8.20. The van der Waals surface area contributed by atoms with Gasteiger partial charge in [-0.05, 0) is 0 Å². The van der Waals surface area contributed by atoms with Crippen LogP contribution in [0.25, 0.3) is 0 Å². The van der Waals surface area contributed by atoms with Crippen molar-refractivity contribution >= 4 is 6.29 Å². The summed E-state index contributed by atoms with van der Waals surface area (Å²) in [6.45, 7) is 1.81. The molecule has 0 aliphatic heterocycles. The highest BCUT2D eigenvalue weighted by molar-refractivity contribution is 5.48. The molecule has 0 aromatic heterocycles. The quantitative estimate of drug-likeness (QED) is 0.541. The molecule has 0 atom stereocenters. The fraction of sp³-hybridized carbons (Fsp3) is 0.222. The molecule has 15 heavy (non-hydrogen) atoms. The van der Waals surface area contributed by atoms with Crippen LogP contribution in [0, 0.1) is 0 Å². The van der Waals surface area contributed by atoms with Gasteiger partial charge in [-0.2, -0.15) is 0 Å². The van der Waals surface area contributed by atoms with E-state index in [1.807, 2.05) is 43.3 Å². The molecule has 6 heteroatoms. The number of halogens is 5. The SMILES string of the molecule is CCC=O.F.F.F.F.F.c1ccccc1. The lowest BCUT2D eigenvalue weighted by Crippen LogP contribution is -1.55. The van der Waals surface area contributed by atoms with Crippen molar-refractivity contribution in [3.8, 4) is 0 Å². The van der Waals surface area contributed by atoms with Gasteiger partial charge in [-0.3, -0.25) is 23.5 Å². The Labute approximate surface area is 85.3 Å². The molecule has 0 saturated heterocycles. The second kappa shape index (κ2) is 39.0. The van der Waals surface area contributed by atoms with Crippen LogP contribution < -0.4 is 0 Å². The van der Waals surface area contributed by atoms with Gasteiger partial charge in [0.05, 0.1) is 0 Å². The van der Waals surface area contributed by atoms with Crippen molar-refractivity contribution in [2.45, 2.75) is 13.3 Å². The van der Waals surface area contributed by atoms with Crippen LogP contribution in [0.1, 0.15) is 13.3 Å². The Morgan fingerprint density at radius 1 is 0.733 bits per heavy atom. The predicted octanol–water partition coefficient (Wildman–Crippen LogP) is 3.04.